The Kier molecular flexibility index (Phi) is 3.38. The Labute approximate surface area is 90.3 Å². The van der Waals surface area contributed by atoms with Crippen LogP contribution in [0.2, 0.25) is 0 Å². The van der Waals surface area contributed by atoms with Gasteiger partial charge in [0.1, 0.15) is 5.82 Å². The van der Waals surface area contributed by atoms with Crippen LogP contribution in [0.3, 0.4) is 0 Å². The van der Waals surface area contributed by atoms with Crippen molar-refractivity contribution in [1.82, 2.24) is 14.9 Å². The maximum atomic E-state index is 9.15. The quantitative estimate of drug-likeness (QED) is 0.757. The van der Waals surface area contributed by atoms with E-state index in [1.807, 2.05) is 12.4 Å². The molecule has 1 aliphatic rings. The van der Waals surface area contributed by atoms with Gasteiger partial charge in [0.2, 0.25) is 0 Å². The molecule has 84 valence electrons. The third-order valence-corrected chi connectivity index (χ3v) is 2.93. The fourth-order valence-corrected chi connectivity index (χ4v) is 1.94. The van der Waals surface area contributed by atoms with Crippen molar-refractivity contribution >= 4 is 0 Å². The maximum Gasteiger partial charge on any atom is 0.122 e. The van der Waals surface area contributed by atoms with Crippen LogP contribution in [0.1, 0.15) is 32.0 Å². The highest BCUT2D eigenvalue weighted by molar-refractivity contribution is 4.94. The number of hydrogen-bond donors (Lipinski definition) is 2. The van der Waals surface area contributed by atoms with E-state index >= 15 is 0 Å². The van der Waals surface area contributed by atoms with Gasteiger partial charge in [-0.15, -0.1) is 0 Å². The highest BCUT2D eigenvalue weighted by Gasteiger charge is 2.26. The Morgan fingerprint density at radius 1 is 1.60 bits per heavy atom. The number of aromatic nitrogens is 2. The smallest absolute Gasteiger partial charge is 0.122 e. The molecule has 1 aromatic rings. The summed E-state index contributed by atoms with van der Waals surface area (Å²) in [6.07, 6.45) is 6.69. The first-order chi connectivity index (χ1) is 7.29. The Hall–Kier alpha value is -0.870. The van der Waals surface area contributed by atoms with Crippen LogP contribution < -0.4 is 5.32 Å². The zero-order chi connectivity index (χ0) is 10.7. The van der Waals surface area contributed by atoms with Crippen LogP contribution in [0.15, 0.2) is 12.4 Å². The Morgan fingerprint density at radius 2 is 2.40 bits per heavy atom. The molecule has 1 saturated carbocycles. The summed E-state index contributed by atoms with van der Waals surface area (Å²) in [7, 11) is 0. The van der Waals surface area contributed by atoms with Gasteiger partial charge in [0.25, 0.3) is 0 Å². The molecule has 0 unspecified atom stereocenters. The summed E-state index contributed by atoms with van der Waals surface area (Å²) in [5, 5.41) is 12.6. The molecule has 0 amide bonds. The van der Waals surface area contributed by atoms with Gasteiger partial charge in [-0.1, -0.05) is 6.92 Å². The summed E-state index contributed by atoms with van der Waals surface area (Å²) >= 11 is 0. The predicted octanol–water partition coefficient (Wildman–Crippen LogP) is 0.906. The van der Waals surface area contributed by atoms with Crippen molar-refractivity contribution in [2.45, 2.75) is 51.4 Å². The van der Waals surface area contributed by atoms with Crippen molar-refractivity contribution in [1.29, 1.82) is 0 Å². The van der Waals surface area contributed by atoms with Crippen molar-refractivity contribution in [3.05, 3.63) is 18.2 Å². The summed E-state index contributed by atoms with van der Waals surface area (Å²) in [6.45, 7) is 4.01. The molecule has 1 aromatic heterocycles. The van der Waals surface area contributed by atoms with Crippen molar-refractivity contribution in [2.75, 3.05) is 0 Å². The molecule has 0 saturated heterocycles. The molecule has 0 radical (unpaired) electrons. The third kappa shape index (κ3) is 2.58. The van der Waals surface area contributed by atoms with Crippen LogP contribution in [0, 0.1) is 0 Å². The monoisotopic (exact) mass is 209 g/mol. The number of aryl methyl sites for hydroxylation is 1. The number of hydrogen-bond acceptors (Lipinski definition) is 3. The molecule has 0 atom stereocenters. The Morgan fingerprint density at radius 3 is 3.07 bits per heavy atom. The van der Waals surface area contributed by atoms with Crippen LogP contribution in [0.4, 0.5) is 0 Å². The van der Waals surface area contributed by atoms with Gasteiger partial charge in [0.05, 0.1) is 12.6 Å². The SMILES string of the molecule is CCCn1ccnc1CNC1CC(O)C1. The molecule has 15 heavy (non-hydrogen) atoms. The van der Waals surface area contributed by atoms with Crippen LogP contribution in [0.25, 0.3) is 0 Å². The molecule has 2 N–H and O–H groups in total. The second-order valence-corrected chi connectivity index (χ2v) is 4.24. The van der Waals surface area contributed by atoms with Crippen LogP contribution in [-0.4, -0.2) is 26.8 Å². The lowest BCUT2D eigenvalue weighted by Crippen LogP contribution is -2.44. The van der Waals surface area contributed by atoms with Crippen molar-refractivity contribution < 1.29 is 5.11 Å². The van der Waals surface area contributed by atoms with Crippen LogP contribution >= 0.6 is 0 Å². The second kappa shape index (κ2) is 4.77. The number of aliphatic hydroxyl groups is 1. The first kappa shape index (κ1) is 10.6. The minimum absolute atomic E-state index is 0.0853. The fraction of sp³-hybridized carbons (Fsp3) is 0.727. The van der Waals surface area contributed by atoms with E-state index in [4.69, 9.17) is 5.11 Å². The standard InChI is InChI=1S/C11H19N3O/c1-2-4-14-5-3-12-11(14)8-13-9-6-10(15)7-9/h3,5,9-10,13,15H,2,4,6-8H2,1H3. The van der Waals surface area contributed by atoms with Crippen molar-refractivity contribution in [3.8, 4) is 0 Å². The average Bonchev–Trinajstić information content (AvgIpc) is 2.59. The predicted molar refractivity (Wildman–Crippen MR) is 58.4 cm³/mol. The molecule has 4 nitrogen and oxygen atoms in total. The lowest BCUT2D eigenvalue weighted by molar-refractivity contribution is 0.0615. The van der Waals surface area contributed by atoms with E-state index in [2.05, 4.69) is 21.8 Å². The van der Waals surface area contributed by atoms with E-state index < -0.39 is 0 Å². The van der Waals surface area contributed by atoms with Gasteiger partial charge in [-0.2, -0.15) is 0 Å². The molecule has 1 aliphatic carbocycles. The first-order valence-electron chi connectivity index (χ1n) is 5.71. The minimum Gasteiger partial charge on any atom is -0.393 e. The maximum absolute atomic E-state index is 9.15. The summed E-state index contributed by atoms with van der Waals surface area (Å²) in [4.78, 5) is 4.32. The van der Waals surface area contributed by atoms with E-state index in [0.717, 1.165) is 38.2 Å². The number of imidazole rings is 1. The molecular formula is C11H19N3O. The number of nitrogens with zero attached hydrogens (tertiary/aromatic N) is 2. The van der Waals surface area contributed by atoms with Crippen molar-refractivity contribution in [3.63, 3.8) is 0 Å². The van der Waals surface area contributed by atoms with Gasteiger partial charge in [0, 0.05) is 25.0 Å². The van der Waals surface area contributed by atoms with E-state index in [1.165, 1.54) is 0 Å². The third-order valence-electron chi connectivity index (χ3n) is 2.93. The zero-order valence-corrected chi connectivity index (χ0v) is 9.19. The molecular weight excluding hydrogens is 190 g/mol. The second-order valence-electron chi connectivity index (χ2n) is 4.24. The molecule has 0 aliphatic heterocycles. The fourth-order valence-electron chi connectivity index (χ4n) is 1.94. The van der Waals surface area contributed by atoms with Gasteiger partial charge in [-0.05, 0) is 19.3 Å². The van der Waals surface area contributed by atoms with E-state index in [1.54, 1.807) is 0 Å². The normalized spacial score (nSPS) is 25.2. The van der Waals surface area contributed by atoms with Gasteiger partial charge >= 0.3 is 0 Å². The van der Waals surface area contributed by atoms with Gasteiger partial charge in [0.15, 0.2) is 0 Å². The van der Waals surface area contributed by atoms with E-state index in [-0.39, 0.29) is 6.10 Å². The molecule has 1 fully saturated rings. The summed E-state index contributed by atoms with van der Waals surface area (Å²) in [5.74, 6) is 1.10. The largest absolute Gasteiger partial charge is 0.393 e. The van der Waals surface area contributed by atoms with Gasteiger partial charge < -0.3 is 15.0 Å². The molecule has 0 spiro atoms. The number of rotatable bonds is 5. The molecule has 0 bridgehead atoms. The van der Waals surface area contributed by atoms with E-state index in [0.29, 0.717) is 6.04 Å². The minimum atomic E-state index is -0.0853. The number of nitrogens with one attached hydrogen (secondary N) is 1. The molecule has 2 rings (SSSR count). The van der Waals surface area contributed by atoms with Gasteiger partial charge in [-0.3, -0.25) is 0 Å². The zero-order valence-electron chi connectivity index (χ0n) is 9.19. The highest BCUT2D eigenvalue weighted by atomic mass is 16.3. The summed E-state index contributed by atoms with van der Waals surface area (Å²) in [5.41, 5.74) is 0. The molecule has 4 heteroatoms. The topological polar surface area (TPSA) is 50.1 Å². The van der Waals surface area contributed by atoms with Crippen molar-refractivity contribution in [2.24, 2.45) is 0 Å². The van der Waals surface area contributed by atoms with Crippen LogP contribution in [0.5, 0.6) is 0 Å². The lowest BCUT2D eigenvalue weighted by atomic mass is 9.89. The Bertz CT molecular complexity index is 305. The summed E-state index contributed by atoms with van der Waals surface area (Å²) < 4.78 is 2.18. The Balaban J connectivity index is 1.79. The van der Waals surface area contributed by atoms with E-state index in [9.17, 15) is 0 Å². The number of aliphatic hydroxyl groups excluding tert-OH is 1. The summed E-state index contributed by atoms with van der Waals surface area (Å²) in [6, 6.07) is 0.478. The molecule has 0 aromatic carbocycles. The van der Waals surface area contributed by atoms with Gasteiger partial charge in [-0.25, -0.2) is 4.98 Å². The average molecular weight is 209 g/mol. The lowest BCUT2D eigenvalue weighted by Gasteiger charge is -2.32. The highest BCUT2D eigenvalue weighted by Crippen LogP contribution is 2.19. The first-order valence-corrected chi connectivity index (χ1v) is 5.71. The molecule has 1 heterocycles. The van der Waals surface area contributed by atoms with Crippen LogP contribution in [-0.2, 0) is 13.1 Å².